The number of oxime groups is 1. The zero-order valence-electron chi connectivity index (χ0n) is 11.9. The molecule has 0 spiro atoms. The van der Waals surface area contributed by atoms with Gasteiger partial charge in [-0.3, -0.25) is 9.08 Å². The first-order chi connectivity index (χ1) is 10.8. The molecule has 0 aliphatic rings. The molecule has 0 aliphatic heterocycles. The highest BCUT2D eigenvalue weighted by atomic mass is 35.5. The molecule has 0 amide bonds. The number of hydrogen-bond donors (Lipinski definition) is 0. The molecule has 8 heteroatoms. The van der Waals surface area contributed by atoms with Crippen molar-refractivity contribution < 1.29 is 17.5 Å². The summed E-state index contributed by atoms with van der Waals surface area (Å²) in [6.45, 7) is 0. The van der Waals surface area contributed by atoms with E-state index in [9.17, 15) is 13.2 Å². The van der Waals surface area contributed by atoms with E-state index in [1.54, 1.807) is 36.4 Å². The summed E-state index contributed by atoms with van der Waals surface area (Å²) in [6, 6.07) is 12.3. The Hall–Kier alpha value is -1.89. The second-order valence-corrected chi connectivity index (χ2v) is 6.99. The molecule has 0 saturated carbocycles. The van der Waals surface area contributed by atoms with Crippen molar-refractivity contribution in [2.45, 2.75) is 0 Å². The van der Waals surface area contributed by atoms with Crippen LogP contribution in [0.15, 0.2) is 53.7 Å². The van der Waals surface area contributed by atoms with Crippen LogP contribution in [0.3, 0.4) is 0 Å². The number of Topliss-reactive ketones (excluding diaryl/α,β-unsaturated/α-hetero) is 1. The Bertz CT molecular complexity index is 844. The zero-order valence-corrected chi connectivity index (χ0v) is 14.2. The molecule has 0 saturated heterocycles. The van der Waals surface area contributed by atoms with Crippen molar-refractivity contribution in [1.29, 1.82) is 0 Å². The molecule has 0 bridgehead atoms. The average Bonchev–Trinajstić information content (AvgIpc) is 2.48. The minimum Gasteiger partial charge on any atom is -0.287 e. The van der Waals surface area contributed by atoms with Crippen molar-refractivity contribution in [2.24, 2.45) is 5.16 Å². The Morgan fingerprint density at radius 2 is 1.35 bits per heavy atom. The Balaban J connectivity index is 2.46. The predicted octanol–water partition coefficient (Wildman–Crippen LogP) is 3.56. The van der Waals surface area contributed by atoms with Gasteiger partial charge in [0.1, 0.15) is 0 Å². The summed E-state index contributed by atoms with van der Waals surface area (Å²) in [7, 11) is -3.84. The zero-order chi connectivity index (χ0) is 17.0. The van der Waals surface area contributed by atoms with Gasteiger partial charge >= 0.3 is 10.1 Å². The lowest BCUT2D eigenvalue weighted by Gasteiger charge is -2.06. The van der Waals surface area contributed by atoms with E-state index in [0.29, 0.717) is 21.2 Å². The number of carbonyl (C=O) groups excluding carboxylic acids is 1. The maximum absolute atomic E-state index is 12.6. The first kappa shape index (κ1) is 17.5. The summed E-state index contributed by atoms with van der Waals surface area (Å²) in [5.41, 5.74) is 0.507. The van der Waals surface area contributed by atoms with Crippen molar-refractivity contribution >= 4 is 44.8 Å². The van der Waals surface area contributed by atoms with Gasteiger partial charge in [-0.1, -0.05) is 40.5 Å². The number of rotatable bonds is 5. The topological polar surface area (TPSA) is 72.8 Å². The molecule has 0 aliphatic carbocycles. The van der Waals surface area contributed by atoms with Gasteiger partial charge in [-0.15, -0.1) is 0 Å². The van der Waals surface area contributed by atoms with Crippen LogP contribution in [0.25, 0.3) is 0 Å². The van der Waals surface area contributed by atoms with E-state index in [1.165, 1.54) is 12.1 Å². The second kappa shape index (κ2) is 7.12. The lowest BCUT2D eigenvalue weighted by molar-refractivity contribution is 0.106. The van der Waals surface area contributed by atoms with E-state index in [2.05, 4.69) is 9.44 Å². The molecule has 0 radical (unpaired) electrons. The van der Waals surface area contributed by atoms with E-state index >= 15 is 0 Å². The number of carbonyl (C=O) groups is 1. The van der Waals surface area contributed by atoms with E-state index in [4.69, 9.17) is 23.2 Å². The van der Waals surface area contributed by atoms with Gasteiger partial charge in [-0.05, 0) is 36.4 Å². The second-order valence-electron chi connectivity index (χ2n) is 4.56. The molecular weight excluding hydrogens is 361 g/mol. The van der Waals surface area contributed by atoms with Gasteiger partial charge in [0.05, 0.1) is 6.26 Å². The maximum atomic E-state index is 12.6. The Kier molecular flexibility index (Phi) is 5.41. The first-order valence-corrected chi connectivity index (χ1v) is 8.86. The van der Waals surface area contributed by atoms with Gasteiger partial charge in [0.25, 0.3) is 0 Å². The molecule has 2 aromatic rings. The van der Waals surface area contributed by atoms with Crippen molar-refractivity contribution in [3.05, 3.63) is 69.7 Å². The lowest BCUT2D eigenvalue weighted by atomic mass is 10.0. The molecular formula is C15H11Cl2NO4S. The Labute approximate surface area is 143 Å². The van der Waals surface area contributed by atoms with Crippen LogP contribution in [-0.4, -0.2) is 26.2 Å². The maximum Gasteiger partial charge on any atom is 0.325 e. The molecule has 2 aromatic carbocycles. The summed E-state index contributed by atoms with van der Waals surface area (Å²) in [5, 5.41) is 4.44. The van der Waals surface area contributed by atoms with Crippen LogP contribution in [0.2, 0.25) is 10.0 Å². The summed E-state index contributed by atoms with van der Waals surface area (Å²) < 4.78 is 26.7. The average molecular weight is 372 g/mol. The molecule has 2 rings (SSSR count). The first-order valence-electron chi connectivity index (χ1n) is 6.29. The highest BCUT2D eigenvalue weighted by molar-refractivity contribution is 7.85. The van der Waals surface area contributed by atoms with Crippen LogP contribution in [0.5, 0.6) is 0 Å². The third-order valence-electron chi connectivity index (χ3n) is 2.70. The van der Waals surface area contributed by atoms with Gasteiger partial charge in [-0.25, -0.2) is 0 Å². The molecule has 0 atom stereocenters. The number of benzene rings is 2. The fraction of sp³-hybridized carbons (Fsp3) is 0.0667. The van der Waals surface area contributed by atoms with Crippen LogP contribution < -0.4 is 0 Å². The summed E-state index contributed by atoms with van der Waals surface area (Å²) in [5.74, 6) is -0.507. The van der Waals surface area contributed by atoms with Gasteiger partial charge < -0.3 is 0 Å². The third-order valence-corrected chi connectivity index (χ3v) is 3.55. The highest BCUT2D eigenvalue weighted by Crippen LogP contribution is 2.16. The van der Waals surface area contributed by atoms with Gasteiger partial charge in [-0.2, -0.15) is 8.42 Å². The van der Waals surface area contributed by atoms with Crippen LogP contribution >= 0.6 is 23.2 Å². The number of hydrogen-bond acceptors (Lipinski definition) is 5. The van der Waals surface area contributed by atoms with Gasteiger partial charge in [0, 0.05) is 21.2 Å². The summed E-state index contributed by atoms with van der Waals surface area (Å²) >= 11 is 11.6. The van der Waals surface area contributed by atoms with Crippen molar-refractivity contribution in [1.82, 2.24) is 0 Å². The molecule has 5 nitrogen and oxygen atoms in total. The Morgan fingerprint density at radius 1 is 0.913 bits per heavy atom. The van der Waals surface area contributed by atoms with Crippen LogP contribution in [0.4, 0.5) is 0 Å². The minimum absolute atomic E-state index is 0.158. The summed E-state index contributed by atoms with van der Waals surface area (Å²) in [4.78, 5) is 12.6. The molecule has 0 unspecified atom stereocenters. The fourth-order valence-corrected chi connectivity index (χ4v) is 2.14. The van der Waals surface area contributed by atoms with Crippen molar-refractivity contribution in [2.75, 3.05) is 6.26 Å². The predicted molar refractivity (Wildman–Crippen MR) is 89.7 cm³/mol. The monoisotopic (exact) mass is 371 g/mol. The number of ketones is 1. The van der Waals surface area contributed by atoms with Crippen molar-refractivity contribution in [3.8, 4) is 0 Å². The molecule has 0 N–H and O–H groups in total. The SMILES string of the molecule is CS(=O)(=O)ON=C(C(=O)c1ccc(Cl)cc1)c1ccc(Cl)cc1. The lowest BCUT2D eigenvalue weighted by Crippen LogP contribution is -2.17. The fourth-order valence-electron chi connectivity index (χ4n) is 1.68. The summed E-state index contributed by atoms with van der Waals surface area (Å²) in [6.07, 6.45) is 0.836. The van der Waals surface area contributed by atoms with E-state index in [-0.39, 0.29) is 5.71 Å². The third kappa shape index (κ3) is 5.06. The smallest absolute Gasteiger partial charge is 0.287 e. The highest BCUT2D eigenvalue weighted by Gasteiger charge is 2.18. The minimum atomic E-state index is -3.84. The number of nitrogens with zero attached hydrogens (tertiary/aromatic N) is 1. The van der Waals surface area contributed by atoms with E-state index < -0.39 is 15.9 Å². The molecule has 23 heavy (non-hydrogen) atoms. The van der Waals surface area contributed by atoms with Crippen molar-refractivity contribution in [3.63, 3.8) is 0 Å². The Morgan fingerprint density at radius 3 is 1.78 bits per heavy atom. The van der Waals surface area contributed by atoms with Crippen LogP contribution in [0, 0.1) is 0 Å². The normalized spacial score (nSPS) is 12.0. The van der Waals surface area contributed by atoms with Crippen LogP contribution in [-0.2, 0) is 14.4 Å². The van der Waals surface area contributed by atoms with Crippen LogP contribution in [0.1, 0.15) is 15.9 Å². The van der Waals surface area contributed by atoms with E-state index in [0.717, 1.165) is 6.26 Å². The molecule has 0 heterocycles. The standard InChI is InChI=1S/C15H11Cl2NO4S/c1-23(20,21)22-18-14(10-2-6-12(16)7-3-10)15(19)11-4-8-13(17)9-5-11/h2-9H,1H3. The quantitative estimate of drug-likeness (QED) is 0.457. The molecule has 120 valence electrons. The van der Waals surface area contributed by atoms with Gasteiger partial charge in [0.2, 0.25) is 5.78 Å². The largest absolute Gasteiger partial charge is 0.325 e. The molecule has 0 fully saturated rings. The molecule has 0 aromatic heterocycles. The number of halogens is 2. The van der Waals surface area contributed by atoms with Gasteiger partial charge in [0.15, 0.2) is 5.71 Å². The van der Waals surface area contributed by atoms with E-state index in [1.807, 2.05) is 0 Å².